The first-order valence-electron chi connectivity index (χ1n) is 12.4. The molecule has 3 N–H and O–H groups in total. The number of halogens is 2. The van der Waals surface area contributed by atoms with Crippen molar-refractivity contribution in [2.75, 3.05) is 19.5 Å². The number of H-pyrrole nitrogens is 1. The van der Waals surface area contributed by atoms with Gasteiger partial charge < -0.3 is 19.8 Å². The second-order valence-corrected chi connectivity index (χ2v) is 9.60. The third-order valence-corrected chi connectivity index (χ3v) is 6.54. The van der Waals surface area contributed by atoms with Crippen LogP contribution in [0.15, 0.2) is 78.9 Å². The minimum Gasteiger partial charge on any atom is -0.465 e. The number of hydrogen-bond acceptors (Lipinski definition) is 6. The zero-order chi connectivity index (χ0) is 29.4. The maximum absolute atomic E-state index is 13.1. The molecule has 0 spiro atoms. The Hall–Kier alpha value is -4.60. The minimum absolute atomic E-state index is 0.275. The summed E-state index contributed by atoms with van der Waals surface area (Å²) in [6, 6.07) is 20.6. The van der Waals surface area contributed by atoms with Gasteiger partial charge >= 0.3 is 12.1 Å². The minimum atomic E-state index is -0.580. The fourth-order valence-corrected chi connectivity index (χ4v) is 4.45. The number of carbonyl (C=O) groups is 3. The van der Waals surface area contributed by atoms with Crippen LogP contribution in [0.5, 0.6) is 0 Å². The van der Waals surface area contributed by atoms with E-state index >= 15 is 0 Å². The van der Waals surface area contributed by atoms with Crippen LogP contribution in [-0.4, -0.2) is 42.2 Å². The average molecular weight is 593 g/mol. The van der Waals surface area contributed by atoms with Crippen molar-refractivity contribution >= 4 is 52.9 Å². The van der Waals surface area contributed by atoms with Gasteiger partial charge in [-0.05, 0) is 54.0 Å². The molecule has 3 aromatic carbocycles. The van der Waals surface area contributed by atoms with Gasteiger partial charge in [-0.2, -0.15) is 0 Å². The second-order valence-electron chi connectivity index (χ2n) is 8.79. The molecule has 4 aromatic rings. The number of aromatic nitrogens is 2. The Labute approximate surface area is 246 Å². The van der Waals surface area contributed by atoms with Crippen molar-refractivity contribution in [1.29, 1.82) is 0 Å². The summed E-state index contributed by atoms with van der Waals surface area (Å²) in [6.45, 7) is 0. The highest BCUT2D eigenvalue weighted by Crippen LogP contribution is 2.29. The Morgan fingerprint density at radius 3 is 2.39 bits per heavy atom. The molecule has 0 aliphatic carbocycles. The monoisotopic (exact) mass is 592 g/mol. The smallest absolute Gasteiger partial charge is 0.411 e. The third kappa shape index (κ3) is 7.75. The summed E-state index contributed by atoms with van der Waals surface area (Å²) in [5, 5.41) is 6.26. The normalized spacial score (nSPS) is 11.6. The first-order chi connectivity index (χ1) is 19.8. The molecule has 2 amide bonds. The van der Waals surface area contributed by atoms with E-state index in [1.54, 1.807) is 36.4 Å². The van der Waals surface area contributed by atoms with E-state index in [1.807, 2.05) is 30.3 Å². The van der Waals surface area contributed by atoms with Gasteiger partial charge in [0.1, 0.15) is 16.7 Å². The molecule has 0 saturated carbocycles. The Morgan fingerprint density at radius 1 is 0.976 bits per heavy atom. The van der Waals surface area contributed by atoms with Gasteiger partial charge in [-0.25, -0.2) is 14.6 Å². The van der Waals surface area contributed by atoms with Crippen LogP contribution < -0.4 is 10.6 Å². The molecule has 0 fully saturated rings. The van der Waals surface area contributed by atoms with Crippen molar-refractivity contribution in [3.8, 4) is 11.3 Å². The van der Waals surface area contributed by atoms with E-state index in [-0.39, 0.29) is 10.7 Å². The molecule has 1 heterocycles. The van der Waals surface area contributed by atoms with Crippen LogP contribution >= 0.6 is 23.2 Å². The number of amides is 2. The maximum atomic E-state index is 13.1. The van der Waals surface area contributed by atoms with E-state index in [0.717, 1.165) is 5.56 Å². The van der Waals surface area contributed by atoms with Gasteiger partial charge in [-0.3, -0.25) is 10.1 Å². The summed E-state index contributed by atoms with van der Waals surface area (Å²) < 4.78 is 9.44. The quantitative estimate of drug-likeness (QED) is 0.151. The van der Waals surface area contributed by atoms with Crippen LogP contribution in [0.3, 0.4) is 0 Å². The molecule has 1 atom stereocenters. The lowest BCUT2D eigenvalue weighted by Crippen LogP contribution is -2.29. The van der Waals surface area contributed by atoms with Crippen molar-refractivity contribution in [3.63, 3.8) is 0 Å². The van der Waals surface area contributed by atoms with Crippen LogP contribution in [0.2, 0.25) is 10.2 Å². The predicted molar refractivity (Wildman–Crippen MR) is 158 cm³/mol. The summed E-state index contributed by atoms with van der Waals surface area (Å²) in [5.74, 6) is -0.519. The molecule has 0 bridgehead atoms. The van der Waals surface area contributed by atoms with E-state index in [4.69, 9.17) is 32.9 Å². The second kappa shape index (κ2) is 13.6. The zero-order valence-corrected chi connectivity index (χ0v) is 23.6. The molecule has 0 saturated heterocycles. The molecular weight excluding hydrogens is 567 g/mol. The van der Waals surface area contributed by atoms with Crippen LogP contribution in [0.25, 0.3) is 17.3 Å². The molecule has 4 rings (SSSR count). The molecule has 41 heavy (non-hydrogen) atoms. The van der Waals surface area contributed by atoms with Crippen LogP contribution in [0.4, 0.5) is 10.5 Å². The largest absolute Gasteiger partial charge is 0.465 e. The molecule has 9 nitrogen and oxygen atoms in total. The number of methoxy groups -OCH3 is 2. The average Bonchev–Trinajstić information content (AvgIpc) is 3.37. The number of nitrogens with one attached hydrogen (secondary N) is 3. The summed E-state index contributed by atoms with van der Waals surface area (Å²) in [4.78, 5) is 44.5. The lowest BCUT2D eigenvalue weighted by Gasteiger charge is -2.16. The number of hydrogen-bond donors (Lipinski definition) is 3. The molecule has 0 unspecified atom stereocenters. The van der Waals surface area contributed by atoms with E-state index in [2.05, 4.69) is 20.4 Å². The fraction of sp³-hybridized carbons (Fsp3) is 0.133. The van der Waals surface area contributed by atoms with Gasteiger partial charge in [-0.15, -0.1) is 0 Å². The molecule has 0 aliphatic rings. The van der Waals surface area contributed by atoms with E-state index in [0.29, 0.717) is 39.8 Å². The fourth-order valence-electron chi connectivity index (χ4n) is 4.02. The van der Waals surface area contributed by atoms with Crippen molar-refractivity contribution in [3.05, 3.63) is 112 Å². The van der Waals surface area contributed by atoms with Crippen molar-refractivity contribution < 1.29 is 23.9 Å². The molecule has 210 valence electrons. The van der Waals surface area contributed by atoms with Crippen LogP contribution in [-0.2, 0) is 20.7 Å². The number of benzene rings is 3. The highest BCUT2D eigenvalue weighted by atomic mass is 35.5. The lowest BCUT2D eigenvalue weighted by molar-refractivity contribution is -0.117. The molecule has 11 heteroatoms. The summed E-state index contributed by atoms with van der Waals surface area (Å²) in [7, 11) is 2.56. The Balaban J connectivity index is 1.59. The number of anilines is 1. The first kappa shape index (κ1) is 29.4. The molecular formula is C30H26Cl2N4O5. The number of carbonyl (C=O) groups excluding carboxylic acids is 3. The zero-order valence-electron chi connectivity index (χ0n) is 22.1. The molecule has 0 radical (unpaired) electrons. The number of rotatable bonds is 9. The van der Waals surface area contributed by atoms with Gasteiger partial charge in [-0.1, -0.05) is 65.7 Å². The lowest BCUT2D eigenvalue weighted by atomic mass is 10.0. The summed E-state index contributed by atoms with van der Waals surface area (Å²) in [5.41, 5.74) is 3.41. The summed E-state index contributed by atoms with van der Waals surface area (Å²) >= 11 is 12.6. The van der Waals surface area contributed by atoms with E-state index < -0.39 is 24.0 Å². The van der Waals surface area contributed by atoms with Gasteiger partial charge in [0, 0.05) is 22.3 Å². The van der Waals surface area contributed by atoms with Crippen molar-refractivity contribution in [1.82, 2.24) is 15.3 Å². The number of esters is 1. The number of aromatic amines is 1. The summed E-state index contributed by atoms with van der Waals surface area (Å²) in [6.07, 6.45) is 2.66. The van der Waals surface area contributed by atoms with Crippen molar-refractivity contribution in [2.45, 2.75) is 12.5 Å². The van der Waals surface area contributed by atoms with Gasteiger partial charge in [0.05, 0.1) is 25.8 Å². The number of nitrogens with zero attached hydrogens (tertiary/aromatic N) is 1. The highest BCUT2D eigenvalue weighted by Gasteiger charge is 2.21. The third-order valence-electron chi connectivity index (χ3n) is 6.03. The Morgan fingerprint density at radius 2 is 1.71 bits per heavy atom. The SMILES string of the molecule is COC(=O)Nc1ccc(-c2nc([C@H](Cc3ccccc3)NC(=O)C=Cc3cc(Cl)ccc3C(=O)OC)[nH]c2Cl)cc1. The van der Waals surface area contributed by atoms with Gasteiger partial charge in [0.2, 0.25) is 5.91 Å². The predicted octanol–water partition coefficient (Wildman–Crippen LogP) is 6.46. The van der Waals surface area contributed by atoms with Gasteiger partial charge in [0.25, 0.3) is 0 Å². The Kier molecular flexibility index (Phi) is 9.78. The Bertz CT molecular complexity index is 1570. The van der Waals surface area contributed by atoms with Gasteiger partial charge in [0.15, 0.2) is 0 Å². The standard InChI is InChI=1S/C30H26Cl2N4O5/c1-40-29(38)23-14-11-21(31)17-20(23)10-15-25(37)34-24(16-18-6-4-3-5-7-18)28-35-26(27(32)36-28)19-8-12-22(13-9-19)33-30(39)41-2/h3-15,17,24H,16H2,1-2H3,(H,33,39)(H,34,37)(H,35,36)/t24-/m0/s1. The highest BCUT2D eigenvalue weighted by molar-refractivity contribution is 6.32. The molecule has 0 aliphatic heterocycles. The molecule has 1 aromatic heterocycles. The van der Waals surface area contributed by atoms with Crippen LogP contribution in [0, 0.1) is 0 Å². The van der Waals surface area contributed by atoms with Crippen molar-refractivity contribution in [2.24, 2.45) is 0 Å². The van der Waals surface area contributed by atoms with E-state index in [9.17, 15) is 14.4 Å². The van der Waals surface area contributed by atoms with Crippen LogP contribution in [0.1, 0.15) is 33.4 Å². The first-order valence-corrected chi connectivity index (χ1v) is 13.1. The number of ether oxygens (including phenoxy) is 2. The number of imidazole rings is 1. The van der Waals surface area contributed by atoms with E-state index in [1.165, 1.54) is 32.4 Å². The maximum Gasteiger partial charge on any atom is 0.411 e. The topological polar surface area (TPSA) is 122 Å².